The Hall–Kier alpha value is -2.17. The van der Waals surface area contributed by atoms with Crippen LogP contribution in [0.4, 0.5) is 0 Å². The predicted molar refractivity (Wildman–Crippen MR) is 138 cm³/mol. The highest BCUT2D eigenvalue weighted by Gasteiger charge is 2.39. The lowest BCUT2D eigenvalue weighted by atomic mass is 9.79. The molecule has 1 nitrogen and oxygen atoms in total. The van der Waals surface area contributed by atoms with Crippen molar-refractivity contribution in [1.82, 2.24) is 0 Å². The summed E-state index contributed by atoms with van der Waals surface area (Å²) in [7, 11) is 0. The van der Waals surface area contributed by atoms with Crippen LogP contribution < -0.4 is 0 Å². The van der Waals surface area contributed by atoms with Gasteiger partial charge in [-0.25, -0.2) is 0 Å². The van der Waals surface area contributed by atoms with E-state index >= 15 is 0 Å². The van der Waals surface area contributed by atoms with Crippen LogP contribution in [0.1, 0.15) is 42.4 Å². The van der Waals surface area contributed by atoms with Gasteiger partial charge in [-0.3, -0.25) is 0 Å². The fourth-order valence-electron chi connectivity index (χ4n) is 4.57. The molecule has 0 radical (unpaired) electrons. The molecule has 0 bridgehead atoms. The second kappa shape index (κ2) is 10.9. The van der Waals surface area contributed by atoms with Crippen LogP contribution in [-0.2, 0) is 10.3 Å². The Balaban J connectivity index is 1.84. The predicted octanol–water partition coefficient (Wildman–Crippen LogP) is 8.06. The molecule has 1 aliphatic rings. The summed E-state index contributed by atoms with van der Waals surface area (Å²) in [6.07, 6.45) is 11.6. The first kappa shape index (κ1) is 22.0. The lowest BCUT2D eigenvalue weighted by molar-refractivity contribution is -0.0323. The topological polar surface area (TPSA) is 9.23 Å². The Morgan fingerprint density at radius 3 is 1.77 bits per heavy atom. The number of allylic oxidation sites excluding steroid dienone is 2. The summed E-state index contributed by atoms with van der Waals surface area (Å²) in [4.78, 5) is 0. The number of hydrogen-bond donors (Lipinski definition) is 0. The normalized spacial score (nSPS) is 17.6. The first-order valence-electron chi connectivity index (χ1n) is 11.1. The van der Waals surface area contributed by atoms with Gasteiger partial charge in [0.25, 0.3) is 0 Å². The number of rotatable bonds is 8. The van der Waals surface area contributed by atoms with Crippen LogP contribution in [0, 0.1) is 5.92 Å². The van der Waals surface area contributed by atoms with Crippen molar-refractivity contribution in [2.24, 2.45) is 5.92 Å². The molecule has 1 aliphatic carbocycles. The van der Waals surface area contributed by atoms with E-state index in [0.29, 0.717) is 5.92 Å². The first-order valence-corrected chi connectivity index (χ1v) is 12.4. The van der Waals surface area contributed by atoms with Gasteiger partial charge < -0.3 is 4.74 Å². The molecule has 0 saturated heterocycles. The number of benzene rings is 3. The van der Waals surface area contributed by atoms with Gasteiger partial charge in [-0.2, -0.15) is 0 Å². The van der Waals surface area contributed by atoms with Gasteiger partial charge in [0.1, 0.15) is 5.60 Å². The molecule has 0 saturated carbocycles. The van der Waals surface area contributed by atoms with E-state index < -0.39 is 5.60 Å². The van der Waals surface area contributed by atoms with Crippen molar-refractivity contribution in [2.45, 2.75) is 37.4 Å². The molecular weight excluding hydrogens is 491 g/mol. The zero-order valence-corrected chi connectivity index (χ0v) is 19.9. The highest BCUT2D eigenvalue weighted by atomic mass is 127. The van der Waals surface area contributed by atoms with Gasteiger partial charge in [-0.15, -0.1) is 0 Å². The van der Waals surface area contributed by atoms with Crippen LogP contribution in [0.5, 0.6) is 0 Å². The summed E-state index contributed by atoms with van der Waals surface area (Å²) in [5.41, 5.74) is 2.78. The SMILES string of the molecule is I/C=C/C(CC1C=CCCC1)OC(c1ccccc1)(c1ccccc1)c1ccccc1. The molecule has 0 aliphatic heterocycles. The smallest absolute Gasteiger partial charge is 0.144 e. The van der Waals surface area contributed by atoms with Crippen molar-refractivity contribution in [1.29, 1.82) is 0 Å². The maximum atomic E-state index is 7.21. The Labute approximate surface area is 200 Å². The molecule has 0 N–H and O–H groups in total. The molecule has 2 heteroatoms. The number of hydrogen-bond acceptors (Lipinski definition) is 1. The average molecular weight is 520 g/mol. The molecule has 3 aromatic carbocycles. The molecule has 31 heavy (non-hydrogen) atoms. The zero-order valence-electron chi connectivity index (χ0n) is 17.7. The Bertz CT molecular complexity index is 882. The molecule has 3 aromatic rings. The summed E-state index contributed by atoms with van der Waals surface area (Å²) in [5, 5.41) is 0. The molecule has 0 spiro atoms. The van der Waals surface area contributed by atoms with E-state index in [0.717, 1.165) is 23.1 Å². The molecule has 0 aromatic heterocycles. The third kappa shape index (κ3) is 5.19. The highest BCUT2D eigenvalue weighted by Crippen LogP contribution is 2.42. The van der Waals surface area contributed by atoms with Crippen molar-refractivity contribution in [3.63, 3.8) is 0 Å². The van der Waals surface area contributed by atoms with Crippen LogP contribution >= 0.6 is 22.6 Å². The van der Waals surface area contributed by atoms with Crippen molar-refractivity contribution >= 4 is 22.6 Å². The Kier molecular flexibility index (Phi) is 7.76. The molecule has 2 unspecified atom stereocenters. The standard InChI is InChI=1S/C29H29IO/c30-22-21-28(23-24-13-5-1-6-14-24)31-29(25-15-7-2-8-16-25,26-17-9-3-10-18-26)27-19-11-4-12-20-27/h2-5,7-13,15-22,24,28H,1,6,14,23H2/b22-21+. The Morgan fingerprint density at radius 1 is 0.839 bits per heavy atom. The van der Waals surface area contributed by atoms with Crippen molar-refractivity contribution in [3.05, 3.63) is 130 Å². The van der Waals surface area contributed by atoms with Crippen molar-refractivity contribution in [2.75, 3.05) is 0 Å². The number of ether oxygens (including phenoxy) is 1. The van der Waals surface area contributed by atoms with Crippen molar-refractivity contribution < 1.29 is 4.74 Å². The minimum absolute atomic E-state index is 0.00488. The molecule has 2 atom stereocenters. The lowest BCUT2D eigenvalue weighted by Gasteiger charge is -2.39. The molecule has 158 valence electrons. The highest BCUT2D eigenvalue weighted by molar-refractivity contribution is 14.1. The lowest BCUT2D eigenvalue weighted by Crippen LogP contribution is -2.37. The fourth-order valence-corrected chi connectivity index (χ4v) is 5.04. The minimum atomic E-state index is -0.678. The van der Waals surface area contributed by atoms with E-state index in [1.807, 2.05) is 0 Å². The molecule has 0 amide bonds. The van der Waals surface area contributed by atoms with E-state index in [9.17, 15) is 0 Å². The van der Waals surface area contributed by atoms with Crippen LogP contribution in [0.2, 0.25) is 0 Å². The van der Waals surface area contributed by atoms with Gasteiger partial charge in [0, 0.05) is 0 Å². The van der Waals surface area contributed by atoms with Crippen LogP contribution in [0.3, 0.4) is 0 Å². The van der Waals surface area contributed by atoms with E-state index in [1.165, 1.54) is 19.3 Å². The van der Waals surface area contributed by atoms with Crippen molar-refractivity contribution in [3.8, 4) is 0 Å². The van der Waals surface area contributed by atoms with Gasteiger partial charge in [-0.05, 0) is 58.5 Å². The first-order chi connectivity index (χ1) is 15.3. The quantitative estimate of drug-likeness (QED) is 0.166. The molecule has 0 heterocycles. The summed E-state index contributed by atoms with van der Waals surface area (Å²) in [5.74, 6) is 0.561. The van der Waals surface area contributed by atoms with Crippen LogP contribution in [0.25, 0.3) is 0 Å². The summed E-state index contributed by atoms with van der Waals surface area (Å²) in [6, 6.07) is 31.9. The minimum Gasteiger partial charge on any atom is -0.353 e. The Morgan fingerprint density at radius 2 is 1.35 bits per heavy atom. The zero-order chi connectivity index (χ0) is 21.4. The molecule has 4 rings (SSSR count). The molecular formula is C29H29IO. The van der Waals surface area contributed by atoms with Gasteiger partial charge in [0.05, 0.1) is 6.10 Å². The summed E-state index contributed by atoms with van der Waals surface area (Å²) in [6.45, 7) is 0. The van der Waals surface area contributed by atoms with E-state index in [-0.39, 0.29) is 6.10 Å². The summed E-state index contributed by atoms with van der Waals surface area (Å²) < 4.78 is 9.31. The second-order valence-corrected chi connectivity index (χ2v) is 8.83. The van der Waals surface area contributed by atoms with Gasteiger partial charge in [0.2, 0.25) is 0 Å². The maximum Gasteiger partial charge on any atom is 0.144 e. The van der Waals surface area contributed by atoms with E-state index in [4.69, 9.17) is 4.74 Å². The van der Waals surface area contributed by atoms with E-state index in [1.54, 1.807) is 0 Å². The van der Waals surface area contributed by atoms with Crippen LogP contribution in [-0.4, -0.2) is 6.10 Å². The molecule has 0 fully saturated rings. The van der Waals surface area contributed by atoms with Gasteiger partial charge >= 0.3 is 0 Å². The largest absolute Gasteiger partial charge is 0.353 e. The second-order valence-electron chi connectivity index (χ2n) is 8.11. The third-order valence-corrected chi connectivity index (χ3v) is 6.46. The van der Waals surface area contributed by atoms with E-state index in [2.05, 4.69) is 136 Å². The monoisotopic (exact) mass is 520 g/mol. The average Bonchev–Trinajstić information content (AvgIpc) is 2.85. The summed E-state index contributed by atoms with van der Waals surface area (Å²) >= 11 is 2.31. The van der Waals surface area contributed by atoms with Crippen LogP contribution in [0.15, 0.2) is 113 Å². The van der Waals surface area contributed by atoms with Gasteiger partial charge in [0.15, 0.2) is 0 Å². The maximum absolute atomic E-state index is 7.21. The van der Waals surface area contributed by atoms with Gasteiger partial charge in [-0.1, -0.05) is 126 Å². The third-order valence-electron chi connectivity index (χ3n) is 6.05. The number of halogens is 1. The fraction of sp³-hybridized carbons (Fsp3) is 0.241.